The lowest BCUT2D eigenvalue weighted by atomic mass is 9.61. The lowest BCUT2D eigenvalue weighted by Crippen LogP contribution is -2.56. The van der Waals surface area contributed by atoms with E-state index in [9.17, 15) is 43.2 Å². The molecule has 0 amide bonds. The molecule has 1 spiro atoms. The van der Waals surface area contributed by atoms with Gasteiger partial charge in [-0.15, -0.1) is 0 Å². The van der Waals surface area contributed by atoms with Crippen molar-refractivity contribution in [3.05, 3.63) is 35.4 Å². The highest BCUT2D eigenvalue weighted by Gasteiger charge is 2.69. The van der Waals surface area contributed by atoms with Crippen LogP contribution in [0.25, 0.3) is 0 Å². The minimum atomic E-state index is -0.813. The fraction of sp³-hybridized carbons (Fsp3) is 0.746. The number of benzene rings is 1. The number of hydrogen-bond acceptors (Lipinski definition) is 29. The maximum atomic E-state index is 10.9. The van der Waals surface area contributed by atoms with Crippen LogP contribution in [0.3, 0.4) is 0 Å². The molecule has 1 aromatic rings. The summed E-state index contributed by atoms with van der Waals surface area (Å²) in [6.45, 7) is 5.09. The zero-order chi connectivity index (χ0) is 60.6. The third-order valence-corrected chi connectivity index (χ3v) is 19.9. The van der Waals surface area contributed by atoms with Gasteiger partial charge in [0.15, 0.2) is 30.5 Å². The van der Waals surface area contributed by atoms with E-state index >= 15 is 0 Å². The van der Waals surface area contributed by atoms with E-state index in [2.05, 4.69) is 31.7 Å². The SMILES string of the molecule is O=C1OC2C(O1)C1C3CCC(C3)C21.O=C1OC2CCC(C2)O1.O=C1OC2CCNCC2O1.O=C1OC2CCOCC2O1.O=C1OC2COC(=O)C2O1.O=C1OC2COCC2O1.O=C1OC2Cc3ccccc3CC2O1.O=C1OCC2(CO1)CC1CCC2C1. The Morgan fingerprint density at radius 2 is 0.920 bits per heavy atom. The molecule has 0 radical (unpaired) electrons. The third-order valence-electron chi connectivity index (χ3n) is 19.9. The summed E-state index contributed by atoms with van der Waals surface area (Å²) in [6, 6.07) is 8.18. The molecular weight excluding hydrogens is 1170 g/mol. The van der Waals surface area contributed by atoms with E-state index < -0.39 is 67.4 Å². The first kappa shape index (κ1) is 59.7. The average molecular weight is 1240 g/mol. The van der Waals surface area contributed by atoms with Crippen molar-refractivity contribution in [2.75, 3.05) is 59.3 Å². The fourth-order valence-corrected chi connectivity index (χ4v) is 15.7. The number of cyclic esters (lactones) is 3. The van der Waals surface area contributed by atoms with Crippen molar-refractivity contribution in [3.63, 3.8) is 0 Å². The van der Waals surface area contributed by atoms with Gasteiger partial charge in [-0.3, -0.25) is 0 Å². The fourth-order valence-electron chi connectivity index (χ4n) is 15.7. The highest BCUT2D eigenvalue weighted by molar-refractivity contribution is 5.82. The number of fused-ring (bicyclic) bond motifs is 19. The van der Waals surface area contributed by atoms with Crippen LogP contribution in [0.4, 0.5) is 38.4 Å². The first-order valence-corrected chi connectivity index (χ1v) is 30.7. The monoisotopic (exact) mass is 1240 g/mol. The first-order valence-electron chi connectivity index (χ1n) is 30.7. The predicted molar refractivity (Wildman–Crippen MR) is 281 cm³/mol. The second-order valence-electron chi connectivity index (χ2n) is 25.1. The van der Waals surface area contributed by atoms with Crippen LogP contribution in [0.5, 0.6) is 0 Å². The molecule has 20 rings (SSSR count). The van der Waals surface area contributed by atoms with Crippen LogP contribution < -0.4 is 5.32 Å². The van der Waals surface area contributed by atoms with Crippen LogP contribution in [-0.2, 0) is 108 Å². The van der Waals surface area contributed by atoms with E-state index in [1.807, 2.05) is 12.1 Å². The molecule has 19 aliphatic rings. The molecule has 29 nitrogen and oxygen atoms in total. The Morgan fingerprint density at radius 1 is 0.409 bits per heavy atom. The number of ether oxygens (including phenoxy) is 19. The standard InChI is InChI=1S/C11H10O3.C10H12O3.C10H14O3.C6H9NO3.C6H8O4.C6H8O3.C5H4O5.C5H6O4/c12-11-13-9-5-7-3-1-2-4-8(7)6-10(9)14-11;11-10-12-8-6-4-1-2-5(3-4)7(6)9(8)13-10;11-9-12-5-10(6-13-9)4-7-1-2-8(10)3-7;8-6-9-4-1-2-7-3-5(4)10-6;7-6-9-4-1-2-8-3-5(4)10-6;7-6-8-4-1-2-5(3-4)9-6;6-4-3-2(1-8-4)9-5(7)10-3;6-5-8-3-1-7-2-4(3)9-5/h1-4,9-10H,5-6H2;4-9H,1-3H2;7-8H,1-6H2;4-5,7H,1-3H2;4-5H,1-3H2;4-5H,1-3H2;2-3H,1H2;3-4H,1-2H2. The van der Waals surface area contributed by atoms with Crippen molar-refractivity contribution in [1.29, 1.82) is 0 Å². The summed E-state index contributed by atoms with van der Waals surface area (Å²) in [6.07, 6.45) is 9.66. The van der Waals surface area contributed by atoms with Crippen LogP contribution in [0.2, 0.25) is 0 Å². The topological polar surface area (TPSA) is 341 Å². The van der Waals surface area contributed by atoms with E-state index in [1.165, 1.54) is 56.1 Å². The van der Waals surface area contributed by atoms with E-state index in [-0.39, 0.29) is 85.3 Å². The quantitative estimate of drug-likeness (QED) is 0.235. The molecule has 20 unspecified atom stereocenters. The number of rotatable bonds is 0. The Bertz CT molecular complexity index is 2650. The van der Waals surface area contributed by atoms with Crippen molar-refractivity contribution in [3.8, 4) is 0 Å². The zero-order valence-corrected chi connectivity index (χ0v) is 48.1. The second kappa shape index (κ2) is 25.7. The summed E-state index contributed by atoms with van der Waals surface area (Å²) in [7, 11) is 0. The van der Waals surface area contributed by atoms with Gasteiger partial charge in [-0.2, -0.15) is 0 Å². The number of piperidine rings is 1. The molecule has 6 bridgehead atoms. The van der Waals surface area contributed by atoms with E-state index in [1.54, 1.807) is 0 Å². The second-order valence-corrected chi connectivity index (χ2v) is 25.1. The molecule has 29 heteroatoms. The van der Waals surface area contributed by atoms with Crippen LogP contribution in [-0.4, -0.2) is 200 Å². The van der Waals surface area contributed by atoms with Gasteiger partial charge in [0, 0.05) is 55.9 Å². The highest BCUT2D eigenvalue weighted by atomic mass is 16.8. The number of carbonyl (C=O) groups excluding carboxylic acids is 9. The Balaban J connectivity index is 0.0000000933. The average Bonchev–Trinajstić information content (AvgIpc) is 1.55. The summed E-state index contributed by atoms with van der Waals surface area (Å²) in [5.41, 5.74) is 2.75. The summed E-state index contributed by atoms with van der Waals surface area (Å²) in [5, 5.41) is 3.12. The van der Waals surface area contributed by atoms with Crippen molar-refractivity contribution in [2.45, 2.75) is 175 Å². The van der Waals surface area contributed by atoms with Crippen molar-refractivity contribution < 1.29 is 133 Å². The van der Waals surface area contributed by atoms with Crippen molar-refractivity contribution in [2.24, 2.45) is 40.9 Å². The normalized spacial score (nSPS) is 40.5. The minimum Gasteiger partial charge on any atom is -0.459 e. The van der Waals surface area contributed by atoms with Gasteiger partial charge in [0.1, 0.15) is 68.7 Å². The maximum Gasteiger partial charge on any atom is 0.509 e. The summed E-state index contributed by atoms with van der Waals surface area (Å²) < 4.78 is 92.4. The summed E-state index contributed by atoms with van der Waals surface area (Å²) >= 11 is 0. The molecule has 12 saturated heterocycles. The molecular formula is C59H71NO28. The first-order chi connectivity index (χ1) is 42.6. The molecule has 18 fully saturated rings. The van der Waals surface area contributed by atoms with Gasteiger partial charge >= 0.3 is 55.2 Å². The van der Waals surface area contributed by atoms with Crippen LogP contribution in [0, 0.1) is 40.9 Å². The number of nitrogens with one attached hydrogen (secondary N) is 1. The molecule has 7 aliphatic carbocycles. The summed E-state index contributed by atoms with van der Waals surface area (Å²) in [5.74, 6) is 4.12. The predicted octanol–water partition coefficient (Wildman–Crippen LogP) is 5.85. The smallest absolute Gasteiger partial charge is 0.459 e. The van der Waals surface area contributed by atoms with Gasteiger partial charge in [0.05, 0.1) is 26.4 Å². The third kappa shape index (κ3) is 13.1. The highest BCUT2D eigenvalue weighted by Crippen LogP contribution is 2.64. The Kier molecular flexibility index (Phi) is 17.4. The van der Waals surface area contributed by atoms with Gasteiger partial charge in [0.25, 0.3) is 0 Å². The molecule has 1 N–H and O–H groups in total. The van der Waals surface area contributed by atoms with Gasteiger partial charge in [0.2, 0.25) is 6.10 Å². The number of esters is 1. The molecule has 20 atom stereocenters. The lowest BCUT2D eigenvalue weighted by molar-refractivity contribution is -0.144. The largest absolute Gasteiger partial charge is 0.509 e. The van der Waals surface area contributed by atoms with Gasteiger partial charge in [-0.25, -0.2) is 43.2 Å². The molecule has 6 saturated carbocycles. The van der Waals surface area contributed by atoms with Gasteiger partial charge in [-0.1, -0.05) is 30.7 Å². The number of hydrogen-bond donors (Lipinski definition) is 1. The lowest BCUT2D eigenvalue weighted by Gasteiger charge is -2.46. The molecule has 12 heterocycles. The molecule has 1 aromatic carbocycles. The van der Waals surface area contributed by atoms with Gasteiger partial charge in [-0.05, 0) is 92.7 Å². The van der Waals surface area contributed by atoms with E-state index in [0.29, 0.717) is 51.5 Å². The summed E-state index contributed by atoms with van der Waals surface area (Å²) in [4.78, 5) is 95.5. The van der Waals surface area contributed by atoms with Crippen molar-refractivity contribution >= 4 is 55.2 Å². The number of carbonyl (C=O) groups is 9. The Morgan fingerprint density at radius 3 is 1.48 bits per heavy atom. The molecule has 88 heavy (non-hydrogen) atoms. The van der Waals surface area contributed by atoms with Crippen LogP contribution in [0.15, 0.2) is 24.3 Å². The maximum absolute atomic E-state index is 10.9. The zero-order valence-electron chi connectivity index (χ0n) is 48.1. The molecule has 480 valence electrons. The van der Waals surface area contributed by atoms with Gasteiger partial charge < -0.3 is 95.3 Å². The van der Waals surface area contributed by atoms with E-state index in [0.717, 1.165) is 81.7 Å². The molecule has 0 aromatic heterocycles. The Hall–Kier alpha value is -7.27. The van der Waals surface area contributed by atoms with Crippen LogP contribution in [0.1, 0.15) is 88.2 Å². The Labute approximate surface area is 503 Å². The van der Waals surface area contributed by atoms with E-state index in [4.69, 9.17) is 75.8 Å². The molecule has 12 aliphatic heterocycles. The van der Waals surface area contributed by atoms with Crippen LogP contribution >= 0.6 is 0 Å². The van der Waals surface area contributed by atoms with Crippen molar-refractivity contribution in [1.82, 2.24) is 5.32 Å². The minimum absolute atomic E-state index is 0.00810.